The fraction of sp³-hybridized carbons (Fsp3) is 0.316. The minimum absolute atomic E-state index is 0. The largest absolute Gasteiger partial charge is 0.374 e. The lowest BCUT2D eigenvalue weighted by atomic mass is 10.0. The predicted molar refractivity (Wildman–Crippen MR) is 103 cm³/mol. The summed E-state index contributed by atoms with van der Waals surface area (Å²) in [4.78, 5) is 14.6. The fourth-order valence-corrected chi connectivity index (χ4v) is 3.13. The Balaban J connectivity index is 0.00000243. The average Bonchev–Trinajstić information content (AvgIpc) is 2.64. The summed E-state index contributed by atoms with van der Waals surface area (Å²) in [5.74, 6) is -0.503. The van der Waals surface area contributed by atoms with Crippen LogP contribution in [-0.2, 0) is 4.74 Å². The van der Waals surface area contributed by atoms with Crippen molar-refractivity contribution in [2.75, 3.05) is 26.2 Å². The Morgan fingerprint density at radius 1 is 1.27 bits per heavy atom. The monoisotopic (exact) mass is 398 g/mol. The Morgan fingerprint density at radius 3 is 2.77 bits per heavy atom. The number of carbonyl (C=O) groups is 1. The van der Waals surface area contributed by atoms with E-state index in [0.717, 1.165) is 17.5 Å². The first-order chi connectivity index (χ1) is 12.1. The number of hydrogen-bond donors (Lipinski definition) is 1. The second-order valence-corrected chi connectivity index (χ2v) is 6.44. The molecule has 1 unspecified atom stereocenters. The topological polar surface area (TPSA) is 55.6 Å². The number of halogens is 3. The number of carbonyl (C=O) groups excluding carboxylic acids is 1. The maximum absolute atomic E-state index is 13.4. The van der Waals surface area contributed by atoms with Crippen molar-refractivity contribution in [3.63, 3.8) is 0 Å². The zero-order chi connectivity index (χ0) is 17.8. The van der Waals surface area contributed by atoms with Crippen molar-refractivity contribution in [2.24, 2.45) is 5.73 Å². The van der Waals surface area contributed by atoms with Gasteiger partial charge in [0.1, 0.15) is 5.82 Å². The molecule has 26 heavy (non-hydrogen) atoms. The molecule has 7 heteroatoms. The van der Waals surface area contributed by atoms with E-state index < -0.39 is 5.82 Å². The summed E-state index contributed by atoms with van der Waals surface area (Å²) in [6.07, 6.45) is 0.722. The van der Waals surface area contributed by atoms with Gasteiger partial charge in [-0.15, -0.1) is 12.4 Å². The lowest BCUT2D eigenvalue weighted by Gasteiger charge is -2.33. The lowest BCUT2D eigenvalue weighted by Crippen LogP contribution is -2.46. The molecule has 0 radical (unpaired) electrons. The van der Waals surface area contributed by atoms with Gasteiger partial charge in [-0.1, -0.05) is 29.8 Å². The minimum atomic E-state index is -0.461. The number of nitrogens with two attached hydrogens (primary N) is 1. The molecule has 4 nitrogen and oxygen atoms in total. The molecule has 140 valence electrons. The second-order valence-electron chi connectivity index (χ2n) is 6.03. The third kappa shape index (κ3) is 4.74. The molecule has 1 fully saturated rings. The summed E-state index contributed by atoms with van der Waals surface area (Å²) in [6, 6.07) is 11.8. The molecule has 1 saturated heterocycles. The molecule has 1 aliphatic rings. The van der Waals surface area contributed by atoms with Gasteiger partial charge in [-0.2, -0.15) is 0 Å². The first kappa shape index (κ1) is 20.6. The standard InChI is InChI=1S/C19H20ClFN2O2.ClH/c20-17-11-14(4-5-18(17)21)13-2-1-3-15(10-13)19(24)23-8-9-25-16(12-23)6-7-22;/h1-5,10-11,16H,6-9,12,22H2;1H. The van der Waals surface area contributed by atoms with Crippen molar-refractivity contribution < 1.29 is 13.9 Å². The first-order valence-corrected chi connectivity index (χ1v) is 8.62. The number of nitrogens with zero attached hydrogens (tertiary/aromatic N) is 1. The Morgan fingerprint density at radius 2 is 2.04 bits per heavy atom. The summed E-state index contributed by atoms with van der Waals surface area (Å²) >= 11 is 5.86. The maximum Gasteiger partial charge on any atom is 0.254 e. The molecule has 1 heterocycles. The SMILES string of the molecule is Cl.NCCC1CN(C(=O)c2cccc(-c3ccc(F)c(Cl)c3)c2)CCO1. The van der Waals surface area contributed by atoms with Crippen LogP contribution in [-0.4, -0.2) is 43.2 Å². The third-order valence-electron chi connectivity index (χ3n) is 4.28. The van der Waals surface area contributed by atoms with E-state index in [-0.39, 0.29) is 29.4 Å². The number of amides is 1. The Labute approximate surface area is 163 Å². The van der Waals surface area contributed by atoms with E-state index in [9.17, 15) is 9.18 Å². The maximum atomic E-state index is 13.4. The Bertz CT molecular complexity index is 771. The molecule has 2 aromatic carbocycles. The van der Waals surface area contributed by atoms with E-state index in [1.54, 1.807) is 29.2 Å². The number of ether oxygens (including phenoxy) is 1. The summed E-state index contributed by atoms with van der Waals surface area (Å²) in [5, 5.41) is 0.0621. The van der Waals surface area contributed by atoms with Crippen LogP contribution in [0.4, 0.5) is 4.39 Å². The van der Waals surface area contributed by atoms with Crippen LogP contribution in [0.15, 0.2) is 42.5 Å². The number of rotatable bonds is 4. The van der Waals surface area contributed by atoms with E-state index >= 15 is 0 Å². The predicted octanol–water partition coefficient (Wildman–Crippen LogP) is 3.76. The van der Waals surface area contributed by atoms with E-state index in [0.29, 0.717) is 31.8 Å². The molecule has 0 aliphatic carbocycles. The van der Waals surface area contributed by atoms with Crippen LogP contribution in [0, 0.1) is 5.82 Å². The van der Waals surface area contributed by atoms with E-state index in [4.69, 9.17) is 22.1 Å². The van der Waals surface area contributed by atoms with Gasteiger partial charge in [-0.05, 0) is 48.4 Å². The average molecular weight is 399 g/mol. The summed E-state index contributed by atoms with van der Waals surface area (Å²) in [7, 11) is 0. The molecule has 0 aromatic heterocycles. The molecule has 1 amide bonds. The molecule has 1 atom stereocenters. The molecular formula is C19H21Cl2FN2O2. The van der Waals surface area contributed by atoms with Crippen molar-refractivity contribution >= 4 is 29.9 Å². The molecule has 2 aromatic rings. The van der Waals surface area contributed by atoms with Crippen LogP contribution >= 0.6 is 24.0 Å². The quantitative estimate of drug-likeness (QED) is 0.852. The molecule has 0 bridgehead atoms. The molecule has 3 rings (SSSR count). The first-order valence-electron chi connectivity index (χ1n) is 8.25. The molecule has 2 N–H and O–H groups in total. The van der Waals surface area contributed by atoms with Crippen molar-refractivity contribution in [1.29, 1.82) is 0 Å². The number of benzene rings is 2. The van der Waals surface area contributed by atoms with Crippen LogP contribution in [0.1, 0.15) is 16.8 Å². The van der Waals surface area contributed by atoms with E-state index in [1.165, 1.54) is 6.07 Å². The number of morpholine rings is 1. The van der Waals surface area contributed by atoms with Crippen LogP contribution in [0.2, 0.25) is 5.02 Å². The number of hydrogen-bond acceptors (Lipinski definition) is 3. The fourth-order valence-electron chi connectivity index (χ4n) is 2.95. The Kier molecular flexibility index (Phi) is 7.41. The molecular weight excluding hydrogens is 378 g/mol. The second kappa shape index (κ2) is 9.33. The van der Waals surface area contributed by atoms with Gasteiger partial charge in [0.15, 0.2) is 0 Å². The normalized spacial score (nSPS) is 16.9. The van der Waals surface area contributed by atoms with Gasteiger partial charge >= 0.3 is 0 Å². The third-order valence-corrected chi connectivity index (χ3v) is 4.57. The van der Waals surface area contributed by atoms with Crippen molar-refractivity contribution in [1.82, 2.24) is 4.90 Å². The highest BCUT2D eigenvalue weighted by molar-refractivity contribution is 6.31. The van der Waals surface area contributed by atoms with Gasteiger partial charge in [0.2, 0.25) is 0 Å². The van der Waals surface area contributed by atoms with Crippen LogP contribution < -0.4 is 5.73 Å². The summed E-state index contributed by atoms with van der Waals surface area (Å²) < 4.78 is 19.0. The summed E-state index contributed by atoms with van der Waals surface area (Å²) in [5.41, 5.74) is 7.75. The Hall–Kier alpha value is -1.66. The van der Waals surface area contributed by atoms with Gasteiger partial charge in [0, 0.05) is 18.7 Å². The highest BCUT2D eigenvalue weighted by Crippen LogP contribution is 2.26. The minimum Gasteiger partial charge on any atom is -0.374 e. The van der Waals surface area contributed by atoms with Gasteiger partial charge in [-0.3, -0.25) is 4.79 Å². The molecule has 0 spiro atoms. The lowest BCUT2D eigenvalue weighted by molar-refractivity contribution is -0.0236. The van der Waals surface area contributed by atoms with Crippen molar-refractivity contribution in [3.05, 3.63) is 58.9 Å². The van der Waals surface area contributed by atoms with E-state index in [1.807, 2.05) is 12.1 Å². The zero-order valence-electron chi connectivity index (χ0n) is 14.2. The van der Waals surface area contributed by atoms with Crippen LogP contribution in [0.5, 0.6) is 0 Å². The highest BCUT2D eigenvalue weighted by atomic mass is 35.5. The highest BCUT2D eigenvalue weighted by Gasteiger charge is 2.24. The van der Waals surface area contributed by atoms with Gasteiger partial charge in [0.25, 0.3) is 5.91 Å². The zero-order valence-corrected chi connectivity index (χ0v) is 15.7. The summed E-state index contributed by atoms with van der Waals surface area (Å²) in [6.45, 7) is 2.16. The van der Waals surface area contributed by atoms with Crippen molar-refractivity contribution in [3.8, 4) is 11.1 Å². The smallest absolute Gasteiger partial charge is 0.254 e. The van der Waals surface area contributed by atoms with Gasteiger partial charge < -0.3 is 15.4 Å². The van der Waals surface area contributed by atoms with Gasteiger partial charge in [-0.25, -0.2) is 4.39 Å². The van der Waals surface area contributed by atoms with Gasteiger partial charge in [0.05, 0.1) is 17.7 Å². The van der Waals surface area contributed by atoms with Crippen LogP contribution in [0.25, 0.3) is 11.1 Å². The molecule has 0 saturated carbocycles. The van der Waals surface area contributed by atoms with E-state index in [2.05, 4.69) is 0 Å². The van der Waals surface area contributed by atoms with Crippen LogP contribution in [0.3, 0.4) is 0 Å². The van der Waals surface area contributed by atoms with Crippen molar-refractivity contribution in [2.45, 2.75) is 12.5 Å². The molecule has 1 aliphatic heterocycles.